The molecule has 2 N–H and O–H groups in total. The number of para-hydroxylation sites is 1. The predicted octanol–water partition coefficient (Wildman–Crippen LogP) is 3.13. The van der Waals surface area contributed by atoms with Crippen molar-refractivity contribution in [3.8, 4) is 0 Å². The molecule has 2 amide bonds. The second kappa shape index (κ2) is 8.92. The van der Waals surface area contributed by atoms with Crippen molar-refractivity contribution in [2.45, 2.75) is 52.0 Å². The highest BCUT2D eigenvalue weighted by atomic mass is 16.6. The summed E-state index contributed by atoms with van der Waals surface area (Å²) in [6.07, 6.45) is 1.24. The minimum absolute atomic E-state index is 0.0139. The molecule has 1 fully saturated rings. The van der Waals surface area contributed by atoms with E-state index in [2.05, 4.69) is 37.5 Å². The number of carbonyl (C=O) groups excluding carboxylic acids is 2. The molecule has 1 heterocycles. The van der Waals surface area contributed by atoms with Crippen LogP contribution in [0.2, 0.25) is 0 Å². The SMILES string of the molecule is CCOC(=O)N1CCC(NC(=O)CNc2ccccc2C(C)(C)C)CC1. The molecule has 0 unspecified atom stereocenters. The monoisotopic (exact) mass is 361 g/mol. The zero-order valence-electron chi connectivity index (χ0n) is 16.3. The van der Waals surface area contributed by atoms with Gasteiger partial charge in [-0.3, -0.25) is 4.79 Å². The molecule has 0 aromatic heterocycles. The van der Waals surface area contributed by atoms with E-state index in [0.717, 1.165) is 18.5 Å². The summed E-state index contributed by atoms with van der Waals surface area (Å²) in [5, 5.41) is 6.31. The molecule has 26 heavy (non-hydrogen) atoms. The highest BCUT2D eigenvalue weighted by Gasteiger charge is 2.24. The molecule has 1 aliphatic heterocycles. The van der Waals surface area contributed by atoms with Crippen LogP contribution in [-0.4, -0.2) is 49.2 Å². The molecule has 6 nitrogen and oxygen atoms in total. The summed E-state index contributed by atoms with van der Waals surface area (Å²) < 4.78 is 5.01. The Hall–Kier alpha value is -2.24. The van der Waals surface area contributed by atoms with Crippen molar-refractivity contribution in [2.24, 2.45) is 0 Å². The van der Waals surface area contributed by atoms with Crippen molar-refractivity contribution in [2.75, 3.05) is 31.6 Å². The summed E-state index contributed by atoms with van der Waals surface area (Å²) in [6, 6.07) is 8.19. The molecule has 0 aliphatic carbocycles. The lowest BCUT2D eigenvalue weighted by atomic mass is 9.86. The number of hydrogen-bond donors (Lipinski definition) is 2. The van der Waals surface area contributed by atoms with Gasteiger partial charge in [0.2, 0.25) is 5.91 Å². The van der Waals surface area contributed by atoms with Crippen LogP contribution < -0.4 is 10.6 Å². The topological polar surface area (TPSA) is 70.7 Å². The highest BCUT2D eigenvalue weighted by Crippen LogP contribution is 2.29. The molecule has 0 spiro atoms. The van der Waals surface area contributed by atoms with Gasteiger partial charge >= 0.3 is 6.09 Å². The standard InChI is InChI=1S/C20H31N3O3/c1-5-26-19(25)23-12-10-15(11-13-23)22-18(24)14-21-17-9-7-6-8-16(17)20(2,3)4/h6-9,15,21H,5,10-14H2,1-4H3,(H,22,24). The molecule has 2 rings (SSSR count). The number of nitrogens with zero attached hydrogens (tertiary/aromatic N) is 1. The fourth-order valence-corrected chi connectivity index (χ4v) is 3.17. The summed E-state index contributed by atoms with van der Waals surface area (Å²) >= 11 is 0. The van der Waals surface area contributed by atoms with E-state index in [0.29, 0.717) is 19.7 Å². The van der Waals surface area contributed by atoms with Crippen molar-refractivity contribution in [3.05, 3.63) is 29.8 Å². The van der Waals surface area contributed by atoms with Gasteiger partial charge in [0.1, 0.15) is 0 Å². The number of anilines is 1. The van der Waals surface area contributed by atoms with Gasteiger partial charge in [-0.05, 0) is 36.8 Å². The first-order valence-electron chi connectivity index (χ1n) is 9.35. The maximum absolute atomic E-state index is 12.3. The fraction of sp³-hybridized carbons (Fsp3) is 0.600. The Balaban J connectivity index is 1.80. The second-order valence-electron chi connectivity index (χ2n) is 7.68. The Bertz CT molecular complexity index is 617. The van der Waals surface area contributed by atoms with E-state index < -0.39 is 0 Å². The van der Waals surface area contributed by atoms with Crippen molar-refractivity contribution < 1.29 is 14.3 Å². The van der Waals surface area contributed by atoms with Gasteiger partial charge in [-0.25, -0.2) is 4.79 Å². The zero-order valence-corrected chi connectivity index (χ0v) is 16.3. The third-order valence-corrected chi connectivity index (χ3v) is 4.56. The normalized spacial score (nSPS) is 15.5. The number of hydrogen-bond acceptors (Lipinski definition) is 4. The van der Waals surface area contributed by atoms with E-state index in [9.17, 15) is 9.59 Å². The van der Waals surface area contributed by atoms with Crippen LogP contribution in [0.25, 0.3) is 0 Å². The first-order chi connectivity index (χ1) is 12.3. The lowest BCUT2D eigenvalue weighted by Crippen LogP contribution is -2.47. The molecule has 0 radical (unpaired) electrons. The lowest BCUT2D eigenvalue weighted by molar-refractivity contribution is -0.120. The van der Waals surface area contributed by atoms with Crippen molar-refractivity contribution >= 4 is 17.7 Å². The minimum Gasteiger partial charge on any atom is -0.450 e. The van der Waals surface area contributed by atoms with Crippen LogP contribution in [0.5, 0.6) is 0 Å². The zero-order chi connectivity index (χ0) is 19.2. The quantitative estimate of drug-likeness (QED) is 0.845. The van der Waals surface area contributed by atoms with Gasteiger partial charge in [-0.15, -0.1) is 0 Å². The lowest BCUT2D eigenvalue weighted by Gasteiger charge is -2.31. The van der Waals surface area contributed by atoms with E-state index in [1.807, 2.05) is 18.2 Å². The summed E-state index contributed by atoms with van der Waals surface area (Å²) in [5.41, 5.74) is 2.20. The third-order valence-electron chi connectivity index (χ3n) is 4.56. The van der Waals surface area contributed by atoms with Gasteiger partial charge in [0.05, 0.1) is 13.2 Å². The van der Waals surface area contributed by atoms with Crippen LogP contribution in [0, 0.1) is 0 Å². The molecule has 1 aromatic carbocycles. The minimum atomic E-state index is -0.266. The summed E-state index contributed by atoms with van der Waals surface area (Å²) in [7, 11) is 0. The average molecular weight is 361 g/mol. The number of piperidine rings is 1. The molecule has 0 bridgehead atoms. The molecule has 6 heteroatoms. The molecular formula is C20H31N3O3. The Morgan fingerprint density at radius 3 is 2.46 bits per heavy atom. The first kappa shape index (κ1) is 20.1. The Morgan fingerprint density at radius 1 is 1.19 bits per heavy atom. The molecular weight excluding hydrogens is 330 g/mol. The Kier molecular flexibility index (Phi) is 6.89. The number of ether oxygens (including phenoxy) is 1. The Morgan fingerprint density at radius 2 is 1.85 bits per heavy atom. The molecule has 1 saturated heterocycles. The molecule has 1 aliphatic rings. The van der Waals surface area contributed by atoms with Crippen LogP contribution in [0.3, 0.4) is 0 Å². The highest BCUT2D eigenvalue weighted by molar-refractivity contribution is 5.81. The molecule has 144 valence electrons. The molecule has 0 atom stereocenters. The van der Waals surface area contributed by atoms with Gasteiger partial charge in [-0.1, -0.05) is 39.0 Å². The number of carbonyl (C=O) groups is 2. The van der Waals surface area contributed by atoms with Crippen LogP contribution in [0.1, 0.15) is 46.1 Å². The van der Waals surface area contributed by atoms with Crippen LogP contribution >= 0.6 is 0 Å². The van der Waals surface area contributed by atoms with Crippen LogP contribution in [-0.2, 0) is 14.9 Å². The Labute approximate surface area is 156 Å². The van der Waals surface area contributed by atoms with Crippen LogP contribution in [0.15, 0.2) is 24.3 Å². The number of amides is 2. The van der Waals surface area contributed by atoms with E-state index in [4.69, 9.17) is 4.74 Å². The van der Waals surface area contributed by atoms with Gasteiger partial charge in [0.15, 0.2) is 0 Å². The fourth-order valence-electron chi connectivity index (χ4n) is 3.17. The van der Waals surface area contributed by atoms with Crippen LogP contribution in [0.4, 0.5) is 10.5 Å². The van der Waals surface area contributed by atoms with Gasteiger partial charge in [0, 0.05) is 24.8 Å². The molecule has 0 saturated carbocycles. The van der Waals surface area contributed by atoms with Gasteiger partial charge < -0.3 is 20.3 Å². The number of benzene rings is 1. The largest absolute Gasteiger partial charge is 0.450 e. The maximum atomic E-state index is 12.3. The summed E-state index contributed by atoms with van der Waals surface area (Å²) in [6.45, 7) is 10.1. The van der Waals surface area contributed by atoms with Crippen molar-refractivity contribution in [3.63, 3.8) is 0 Å². The van der Waals surface area contributed by atoms with E-state index in [-0.39, 0.29) is 30.0 Å². The van der Waals surface area contributed by atoms with Crippen molar-refractivity contribution in [1.29, 1.82) is 0 Å². The smallest absolute Gasteiger partial charge is 0.409 e. The number of nitrogens with one attached hydrogen (secondary N) is 2. The molecule has 1 aromatic rings. The predicted molar refractivity (Wildman–Crippen MR) is 103 cm³/mol. The van der Waals surface area contributed by atoms with E-state index >= 15 is 0 Å². The maximum Gasteiger partial charge on any atom is 0.409 e. The first-order valence-corrected chi connectivity index (χ1v) is 9.35. The van der Waals surface area contributed by atoms with E-state index in [1.54, 1.807) is 11.8 Å². The third kappa shape index (κ3) is 5.64. The summed E-state index contributed by atoms with van der Waals surface area (Å²) in [4.78, 5) is 25.7. The number of rotatable bonds is 5. The van der Waals surface area contributed by atoms with E-state index in [1.165, 1.54) is 5.56 Å². The van der Waals surface area contributed by atoms with Gasteiger partial charge in [-0.2, -0.15) is 0 Å². The second-order valence-corrected chi connectivity index (χ2v) is 7.68. The summed E-state index contributed by atoms with van der Waals surface area (Å²) in [5.74, 6) is -0.0247. The number of likely N-dealkylation sites (tertiary alicyclic amines) is 1. The van der Waals surface area contributed by atoms with Crippen molar-refractivity contribution in [1.82, 2.24) is 10.2 Å². The average Bonchev–Trinajstić information content (AvgIpc) is 2.60. The van der Waals surface area contributed by atoms with Gasteiger partial charge in [0.25, 0.3) is 0 Å².